The van der Waals surface area contributed by atoms with E-state index in [9.17, 15) is 29.3 Å². The number of Topliss-reactive ketones (excluding diaryl/α,β-unsaturated/α-hetero) is 1. The van der Waals surface area contributed by atoms with E-state index in [0.29, 0.717) is 0 Å². The van der Waals surface area contributed by atoms with Gasteiger partial charge >= 0.3 is 5.97 Å². The van der Waals surface area contributed by atoms with E-state index >= 15 is 0 Å². The van der Waals surface area contributed by atoms with Gasteiger partial charge in [-0.1, -0.05) is 0 Å². The molecule has 0 N–H and O–H groups in total. The summed E-state index contributed by atoms with van der Waals surface area (Å²) >= 11 is 0. The van der Waals surface area contributed by atoms with Gasteiger partial charge in [0, 0.05) is 18.6 Å². The van der Waals surface area contributed by atoms with E-state index in [2.05, 4.69) is 5.10 Å². The van der Waals surface area contributed by atoms with Crippen LogP contribution in [0.3, 0.4) is 0 Å². The van der Waals surface area contributed by atoms with Gasteiger partial charge in [0.25, 0.3) is 11.6 Å². The average molecular weight is 416 g/mol. The molecule has 3 rings (SSSR count). The van der Waals surface area contributed by atoms with Crippen molar-refractivity contribution in [3.63, 3.8) is 0 Å². The van der Waals surface area contributed by atoms with Crippen molar-refractivity contribution < 1.29 is 28.8 Å². The molecule has 0 bridgehead atoms. The van der Waals surface area contributed by atoms with Crippen molar-refractivity contribution in [1.29, 1.82) is 0 Å². The lowest BCUT2D eigenvalue weighted by atomic mass is 9.92. The SMILES string of the molecule is COC(=O)C1=NN(C(C)(C)CC(C)=O)C2C(=O)N(c3ccc([N+](=O)[O-])cc3)C(=O)C12. The molecule has 11 nitrogen and oxygen atoms in total. The highest BCUT2D eigenvalue weighted by molar-refractivity contribution is 6.46. The second-order valence-electron chi connectivity index (χ2n) is 7.72. The number of nitro benzene ring substituents is 1. The van der Waals surface area contributed by atoms with Crippen molar-refractivity contribution in [3.8, 4) is 0 Å². The van der Waals surface area contributed by atoms with Crippen LogP contribution in [0.15, 0.2) is 29.4 Å². The Morgan fingerprint density at radius 3 is 2.30 bits per heavy atom. The predicted octanol–water partition coefficient (Wildman–Crippen LogP) is 1.06. The number of ketones is 1. The number of benzene rings is 1. The lowest BCUT2D eigenvalue weighted by molar-refractivity contribution is -0.384. The maximum atomic E-state index is 13.2. The van der Waals surface area contributed by atoms with E-state index in [1.807, 2.05) is 0 Å². The van der Waals surface area contributed by atoms with E-state index < -0.39 is 40.2 Å². The van der Waals surface area contributed by atoms with Crippen molar-refractivity contribution in [2.75, 3.05) is 12.0 Å². The predicted molar refractivity (Wildman–Crippen MR) is 104 cm³/mol. The number of carbonyl (C=O) groups is 4. The van der Waals surface area contributed by atoms with Crippen molar-refractivity contribution in [2.24, 2.45) is 11.0 Å². The molecule has 158 valence electrons. The highest BCUT2D eigenvalue weighted by atomic mass is 16.6. The quantitative estimate of drug-likeness (QED) is 0.290. The van der Waals surface area contributed by atoms with Crippen LogP contribution >= 0.6 is 0 Å². The lowest BCUT2D eigenvalue weighted by Crippen LogP contribution is -2.50. The molecule has 2 amide bonds. The first-order valence-corrected chi connectivity index (χ1v) is 9.07. The number of fused-ring (bicyclic) bond motifs is 1. The average Bonchev–Trinajstić information content (AvgIpc) is 3.18. The van der Waals surface area contributed by atoms with Crippen molar-refractivity contribution >= 4 is 40.7 Å². The van der Waals surface area contributed by atoms with E-state index in [1.165, 1.54) is 36.2 Å². The van der Waals surface area contributed by atoms with E-state index in [1.54, 1.807) is 13.8 Å². The fourth-order valence-electron chi connectivity index (χ4n) is 3.86. The van der Waals surface area contributed by atoms with Gasteiger partial charge in [-0.3, -0.25) is 29.5 Å². The summed E-state index contributed by atoms with van der Waals surface area (Å²) in [6.45, 7) is 4.76. The number of nitrogens with zero attached hydrogens (tertiary/aromatic N) is 4. The molecule has 1 saturated heterocycles. The largest absolute Gasteiger partial charge is 0.464 e. The molecule has 0 aliphatic carbocycles. The summed E-state index contributed by atoms with van der Waals surface area (Å²) in [7, 11) is 1.14. The number of anilines is 1. The van der Waals surface area contributed by atoms with Gasteiger partial charge < -0.3 is 4.74 Å². The second kappa shape index (κ2) is 7.32. The molecule has 0 spiro atoms. The summed E-state index contributed by atoms with van der Waals surface area (Å²) in [5.74, 6) is -3.53. The second-order valence-corrected chi connectivity index (χ2v) is 7.72. The van der Waals surface area contributed by atoms with Crippen molar-refractivity contribution in [2.45, 2.75) is 38.8 Å². The minimum Gasteiger partial charge on any atom is -0.464 e. The molecule has 2 atom stereocenters. The van der Waals surface area contributed by atoms with Gasteiger partial charge in [-0.05, 0) is 32.9 Å². The zero-order chi connectivity index (χ0) is 22.4. The van der Waals surface area contributed by atoms with Crippen molar-refractivity contribution in [3.05, 3.63) is 34.4 Å². The van der Waals surface area contributed by atoms with Crippen molar-refractivity contribution in [1.82, 2.24) is 5.01 Å². The van der Waals surface area contributed by atoms with Crippen LogP contribution in [0.4, 0.5) is 11.4 Å². The smallest absolute Gasteiger partial charge is 0.355 e. The third-order valence-corrected chi connectivity index (χ3v) is 5.06. The first-order chi connectivity index (χ1) is 14.0. The molecule has 1 aromatic rings. The standard InChI is InChI=1S/C19H20N4O7/c1-10(24)9-19(2,3)22-15-13(14(20-22)18(27)30-4)16(25)21(17(15)26)11-5-7-12(8-6-11)23(28)29/h5-8,13,15H,9H2,1-4H3. The number of nitro groups is 1. The summed E-state index contributed by atoms with van der Waals surface area (Å²) in [5.41, 5.74) is -1.23. The van der Waals surface area contributed by atoms with Crippen LogP contribution in [0.5, 0.6) is 0 Å². The zero-order valence-electron chi connectivity index (χ0n) is 16.8. The summed E-state index contributed by atoms with van der Waals surface area (Å²) in [4.78, 5) is 61.5. The molecular formula is C19H20N4O7. The number of imide groups is 1. The molecular weight excluding hydrogens is 396 g/mol. The minimum atomic E-state index is -1.20. The number of hydrogen-bond acceptors (Lipinski definition) is 9. The molecule has 30 heavy (non-hydrogen) atoms. The number of rotatable bonds is 6. The van der Waals surface area contributed by atoms with Crippen LogP contribution in [-0.4, -0.2) is 57.9 Å². The third kappa shape index (κ3) is 3.31. The zero-order valence-corrected chi connectivity index (χ0v) is 16.8. The first-order valence-electron chi connectivity index (χ1n) is 9.07. The monoisotopic (exact) mass is 416 g/mol. The van der Waals surface area contributed by atoms with Crippen LogP contribution in [0.2, 0.25) is 0 Å². The Balaban J connectivity index is 2.05. The van der Waals surface area contributed by atoms with Crippen LogP contribution in [0.1, 0.15) is 27.2 Å². The molecule has 11 heteroatoms. The summed E-state index contributed by atoms with van der Waals surface area (Å²) in [6.07, 6.45) is 0.0349. The highest BCUT2D eigenvalue weighted by Crippen LogP contribution is 2.40. The first kappa shape index (κ1) is 21.1. The molecule has 2 heterocycles. The van der Waals surface area contributed by atoms with Gasteiger partial charge in [-0.15, -0.1) is 0 Å². The Morgan fingerprint density at radius 2 is 1.80 bits per heavy atom. The molecule has 2 aliphatic rings. The fraction of sp³-hybridized carbons (Fsp3) is 0.421. The van der Waals surface area contributed by atoms with Crippen LogP contribution in [-0.2, 0) is 23.9 Å². The number of esters is 1. The Hall–Kier alpha value is -3.63. The minimum absolute atomic E-state index is 0.0349. The van der Waals surface area contributed by atoms with Crippen LogP contribution in [0.25, 0.3) is 0 Å². The Bertz CT molecular complexity index is 983. The number of amides is 2. The summed E-state index contributed by atoms with van der Waals surface area (Å²) < 4.78 is 4.73. The molecule has 0 saturated carbocycles. The fourth-order valence-corrected chi connectivity index (χ4v) is 3.86. The number of non-ortho nitro benzene ring substituents is 1. The maximum absolute atomic E-state index is 13.2. The van der Waals surface area contributed by atoms with Crippen LogP contribution in [0, 0.1) is 16.0 Å². The molecule has 0 aromatic heterocycles. The number of methoxy groups -OCH3 is 1. The third-order valence-electron chi connectivity index (χ3n) is 5.06. The van der Waals surface area contributed by atoms with Gasteiger partial charge in [0.15, 0.2) is 5.71 Å². The van der Waals surface area contributed by atoms with Gasteiger partial charge in [0.2, 0.25) is 5.91 Å². The topological polar surface area (TPSA) is 139 Å². The van der Waals surface area contributed by atoms with E-state index in [4.69, 9.17) is 4.74 Å². The molecule has 2 unspecified atom stereocenters. The number of carbonyl (C=O) groups excluding carboxylic acids is 4. The molecule has 0 radical (unpaired) electrons. The van der Waals surface area contributed by atoms with Gasteiger partial charge in [-0.25, -0.2) is 9.69 Å². The molecule has 1 aromatic carbocycles. The highest BCUT2D eigenvalue weighted by Gasteiger charge is 2.61. The normalized spacial score (nSPS) is 20.9. The maximum Gasteiger partial charge on any atom is 0.355 e. The van der Waals surface area contributed by atoms with Gasteiger partial charge in [0.1, 0.15) is 17.7 Å². The summed E-state index contributed by atoms with van der Waals surface area (Å²) in [5, 5.41) is 16.4. The number of hydrogen-bond donors (Lipinski definition) is 0. The van der Waals surface area contributed by atoms with Gasteiger partial charge in [0.05, 0.1) is 23.3 Å². The van der Waals surface area contributed by atoms with Crippen LogP contribution < -0.4 is 4.90 Å². The van der Waals surface area contributed by atoms with E-state index in [0.717, 1.165) is 12.0 Å². The Morgan fingerprint density at radius 1 is 1.20 bits per heavy atom. The summed E-state index contributed by atoms with van der Waals surface area (Å²) in [6, 6.07) is 3.80. The number of hydrazone groups is 1. The Kier molecular flexibility index (Phi) is 5.15. The molecule has 1 fully saturated rings. The lowest BCUT2D eigenvalue weighted by Gasteiger charge is -2.36. The molecule has 2 aliphatic heterocycles. The van der Waals surface area contributed by atoms with Gasteiger partial charge in [-0.2, -0.15) is 5.10 Å². The Labute approximate surface area is 171 Å². The number of ether oxygens (including phenoxy) is 1. The van der Waals surface area contributed by atoms with E-state index in [-0.39, 0.29) is 29.3 Å².